The van der Waals surface area contributed by atoms with Crippen molar-refractivity contribution in [3.05, 3.63) is 52.6 Å². The molecule has 0 aliphatic rings. The lowest BCUT2D eigenvalue weighted by Crippen LogP contribution is -2.12. The van der Waals surface area contributed by atoms with E-state index in [1.807, 2.05) is 0 Å². The summed E-state index contributed by atoms with van der Waals surface area (Å²) in [6.07, 6.45) is -1.77. The van der Waals surface area contributed by atoms with E-state index in [1.165, 1.54) is 12.4 Å². The molecule has 3 rings (SSSR count). The summed E-state index contributed by atoms with van der Waals surface area (Å²) in [7, 11) is 0. The fourth-order valence-electron chi connectivity index (χ4n) is 1.87. The van der Waals surface area contributed by atoms with E-state index in [2.05, 4.69) is 35.5 Å². The minimum Gasteiger partial charge on any atom is -0.363 e. The van der Waals surface area contributed by atoms with E-state index in [0.717, 1.165) is 6.07 Å². The number of rotatable bonds is 4. The number of pyridine rings is 1. The summed E-state index contributed by atoms with van der Waals surface area (Å²) in [6.45, 7) is -0.0144. The van der Waals surface area contributed by atoms with Gasteiger partial charge in [-0.05, 0) is 12.1 Å². The molecule has 0 aliphatic heterocycles. The monoisotopic (exact) mass is 337 g/mol. The quantitative estimate of drug-likeness (QED) is 0.666. The smallest absolute Gasteiger partial charge is 0.363 e. The number of halogens is 3. The van der Waals surface area contributed by atoms with Crippen molar-refractivity contribution < 1.29 is 13.2 Å². The Labute approximate surface area is 132 Å². The zero-order valence-corrected chi connectivity index (χ0v) is 11.9. The van der Waals surface area contributed by atoms with Crippen LogP contribution in [0.3, 0.4) is 0 Å². The summed E-state index contributed by atoms with van der Waals surface area (Å²) in [6, 6.07) is 3.91. The van der Waals surface area contributed by atoms with Crippen molar-refractivity contribution >= 4 is 5.82 Å². The molecular weight excluding hydrogens is 327 g/mol. The largest absolute Gasteiger partial charge is 0.433 e. The van der Waals surface area contributed by atoms with E-state index < -0.39 is 17.6 Å². The van der Waals surface area contributed by atoms with Gasteiger partial charge in [0.1, 0.15) is 11.6 Å². The van der Waals surface area contributed by atoms with E-state index in [-0.39, 0.29) is 24.0 Å². The summed E-state index contributed by atoms with van der Waals surface area (Å²) in [4.78, 5) is 24.7. The van der Waals surface area contributed by atoms with Gasteiger partial charge in [-0.3, -0.25) is 9.97 Å². The zero-order valence-electron chi connectivity index (χ0n) is 11.9. The van der Waals surface area contributed by atoms with Crippen molar-refractivity contribution in [3.8, 4) is 11.4 Å². The fraction of sp³-hybridized carbons (Fsp3) is 0.154. The van der Waals surface area contributed by atoms with Crippen LogP contribution in [0.2, 0.25) is 0 Å². The first-order valence-corrected chi connectivity index (χ1v) is 6.66. The normalized spacial score (nSPS) is 11.5. The SMILES string of the molecule is O=c1[nH]nc(CNc2cc(C(F)(F)F)nc(-c3cccnc3)n2)[nH]1. The lowest BCUT2D eigenvalue weighted by atomic mass is 10.2. The first-order chi connectivity index (χ1) is 11.4. The van der Waals surface area contributed by atoms with Crippen LogP contribution < -0.4 is 11.0 Å². The standard InChI is InChI=1S/C13H10F3N7O/c14-13(15,16)8-4-9(18-6-10-21-12(24)23-22-10)20-11(19-8)7-2-1-3-17-5-7/h1-5H,6H2,(H,18,19,20)(H2,21,22,23,24). The van der Waals surface area contributed by atoms with Crippen LogP contribution in [0.4, 0.5) is 19.0 Å². The summed E-state index contributed by atoms with van der Waals surface area (Å²) in [5, 5.41) is 8.48. The Bertz CT molecular complexity index is 888. The highest BCUT2D eigenvalue weighted by Crippen LogP contribution is 2.30. The van der Waals surface area contributed by atoms with Crippen LogP contribution in [0.1, 0.15) is 11.5 Å². The number of nitrogens with one attached hydrogen (secondary N) is 3. The number of anilines is 1. The van der Waals surface area contributed by atoms with E-state index in [4.69, 9.17) is 0 Å². The third kappa shape index (κ3) is 3.56. The molecule has 0 unspecified atom stereocenters. The first kappa shape index (κ1) is 15.6. The summed E-state index contributed by atoms with van der Waals surface area (Å²) < 4.78 is 39.1. The number of aromatic nitrogens is 6. The number of aromatic amines is 2. The van der Waals surface area contributed by atoms with Gasteiger partial charge in [0.05, 0.1) is 6.54 Å². The molecule has 3 aromatic heterocycles. The number of nitrogens with zero attached hydrogens (tertiary/aromatic N) is 4. The Balaban J connectivity index is 1.94. The minimum atomic E-state index is -4.63. The molecule has 0 aromatic carbocycles. The van der Waals surface area contributed by atoms with Crippen LogP contribution in [-0.2, 0) is 12.7 Å². The second-order valence-corrected chi connectivity index (χ2v) is 4.68. The maximum Gasteiger partial charge on any atom is 0.433 e. The van der Waals surface area contributed by atoms with Gasteiger partial charge in [-0.15, -0.1) is 0 Å². The van der Waals surface area contributed by atoms with E-state index in [0.29, 0.717) is 5.56 Å². The molecule has 0 amide bonds. The van der Waals surface area contributed by atoms with Crippen molar-refractivity contribution in [1.29, 1.82) is 0 Å². The third-order valence-electron chi connectivity index (χ3n) is 2.92. The highest BCUT2D eigenvalue weighted by Gasteiger charge is 2.33. The molecule has 0 saturated heterocycles. The van der Waals surface area contributed by atoms with Gasteiger partial charge in [-0.25, -0.2) is 19.9 Å². The third-order valence-corrected chi connectivity index (χ3v) is 2.92. The maximum absolute atomic E-state index is 13.0. The Morgan fingerprint density at radius 2 is 2.08 bits per heavy atom. The van der Waals surface area contributed by atoms with Crippen molar-refractivity contribution in [2.45, 2.75) is 12.7 Å². The molecule has 0 fully saturated rings. The number of hydrogen-bond donors (Lipinski definition) is 3. The Morgan fingerprint density at radius 3 is 2.71 bits per heavy atom. The zero-order chi connectivity index (χ0) is 17.2. The topological polar surface area (TPSA) is 112 Å². The maximum atomic E-state index is 13.0. The highest BCUT2D eigenvalue weighted by molar-refractivity contribution is 5.56. The number of alkyl halides is 3. The minimum absolute atomic E-state index is 0.0144. The molecule has 24 heavy (non-hydrogen) atoms. The second kappa shape index (κ2) is 6.10. The summed E-state index contributed by atoms with van der Waals surface area (Å²) in [5.41, 5.74) is -1.25. The van der Waals surface area contributed by atoms with Crippen molar-refractivity contribution in [2.24, 2.45) is 0 Å². The van der Waals surface area contributed by atoms with Crippen LogP contribution in [0.25, 0.3) is 11.4 Å². The van der Waals surface area contributed by atoms with Crippen LogP contribution in [-0.4, -0.2) is 30.1 Å². The lowest BCUT2D eigenvalue weighted by Gasteiger charge is -2.11. The molecule has 124 valence electrons. The van der Waals surface area contributed by atoms with Gasteiger partial charge in [-0.2, -0.15) is 18.3 Å². The molecule has 0 bridgehead atoms. The molecule has 0 atom stereocenters. The van der Waals surface area contributed by atoms with E-state index >= 15 is 0 Å². The van der Waals surface area contributed by atoms with Gasteiger partial charge in [0.25, 0.3) is 0 Å². The van der Waals surface area contributed by atoms with E-state index in [9.17, 15) is 18.0 Å². The predicted molar refractivity (Wildman–Crippen MR) is 76.8 cm³/mol. The molecule has 11 heteroatoms. The lowest BCUT2D eigenvalue weighted by molar-refractivity contribution is -0.141. The first-order valence-electron chi connectivity index (χ1n) is 6.66. The van der Waals surface area contributed by atoms with Crippen LogP contribution in [0.5, 0.6) is 0 Å². The van der Waals surface area contributed by atoms with Gasteiger partial charge >= 0.3 is 11.9 Å². The number of hydrogen-bond acceptors (Lipinski definition) is 6. The molecule has 0 saturated carbocycles. The highest BCUT2D eigenvalue weighted by atomic mass is 19.4. The fourth-order valence-corrected chi connectivity index (χ4v) is 1.87. The summed E-state index contributed by atoms with van der Waals surface area (Å²) >= 11 is 0. The average Bonchev–Trinajstić information content (AvgIpc) is 2.98. The van der Waals surface area contributed by atoms with Gasteiger partial charge in [-0.1, -0.05) is 0 Å². The molecule has 0 aliphatic carbocycles. The molecule has 3 heterocycles. The Kier molecular flexibility index (Phi) is 3.98. The van der Waals surface area contributed by atoms with Gasteiger partial charge < -0.3 is 5.32 Å². The van der Waals surface area contributed by atoms with Crippen molar-refractivity contribution in [3.63, 3.8) is 0 Å². The average molecular weight is 337 g/mol. The summed E-state index contributed by atoms with van der Waals surface area (Å²) in [5.74, 6) is 0.0612. The molecule has 8 nitrogen and oxygen atoms in total. The van der Waals surface area contributed by atoms with Gasteiger partial charge in [0.15, 0.2) is 11.5 Å². The number of H-pyrrole nitrogens is 2. The van der Waals surface area contributed by atoms with Gasteiger partial charge in [0.2, 0.25) is 0 Å². The molecular formula is C13H10F3N7O. The molecule has 3 aromatic rings. The molecule has 3 N–H and O–H groups in total. The van der Waals surface area contributed by atoms with Crippen LogP contribution in [0, 0.1) is 0 Å². The van der Waals surface area contributed by atoms with E-state index in [1.54, 1.807) is 12.1 Å². The van der Waals surface area contributed by atoms with Gasteiger partial charge in [0, 0.05) is 24.0 Å². The molecule has 0 spiro atoms. The van der Waals surface area contributed by atoms with Crippen molar-refractivity contribution in [2.75, 3.05) is 5.32 Å². The predicted octanol–water partition coefficient (Wildman–Crippen LogP) is 1.58. The van der Waals surface area contributed by atoms with Crippen molar-refractivity contribution in [1.82, 2.24) is 30.1 Å². The van der Waals surface area contributed by atoms with Crippen LogP contribution >= 0.6 is 0 Å². The Hall–Kier alpha value is -3.24. The van der Waals surface area contributed by atoms with Crippen LogP contribution in [0.15, 0.2) is 35.4 Å². The molecule has 0 radical (unpaired) electrons. The Morgan fingerprint density at radius 1 is 1.25 bits per heavy atom. The second-order valence-electron chi connectivity index (χ2n) is 4.68.